The number of aliphatic hydroxyl groups excluding tert-OH is 1. The van der Waals surface area contributed by atoms with Crippen molar-refractivity contribution < 1.29 is 5.11 Å². The predicted octanol–water partition coefficient (Wildman–Crippen LogP) is 2.48. The van der Waals surface area contributed by atoms with Gasteiger partial charge < -0.3 is 10.4 Å². The van der Waals surface area contributed by atoms with E-state index < -0.39 is 6.10 Å². The molecule has 78 valence electrons. The lowest BCUT2D eigenvalue weighted by molar-refractivity contribution is 0.171. The minimum absolute atomic E-state index is 0.403. The van der Waals surface area contributed by atoms with Gasteiger partial charge >= 0.3 is 0 Å². The molecule has 14 heavy (non-hydrogen) atoms. The van der Waals surface area contributed by atoms with Gasteiger partial charge in [0.05, 0.1) is 6.10 Å². The van der Waals surface area contributed by atoms with Gasteiger partial charge in [0.25, 0.3) is 0 Å². The van der Waals surface area contributed by atoms with E-state index in [1.54, 1.807) is 0 Å². The van der Waals surface area contributed by atoms with Crippen LogP contribution in [0.15, 0.2) is 28.7 Å². The molecule has 0 amide bonds. The Bertz CT molecular complexity index is 271. The molecule has 0 fully saturated rings. The smallest absolute Gasteiger partial charge is 0.0914 e. The van der Waals surface area contributed by atoms with E-state index in [4.69, 9.17) is 0 Å². The first-order valence-corrected chi connectivity index (χ1v) is 5.56. The summed E-state index contributed by atoms with van der Waals surface area (Å²) in [6, 6.07) is 8.13. The van der Waals surface area contributed by atoms with Gasteiger partial charge in [-0.05, 0) is 17.7 Å². The zero-order valence-electron chi connectivity index (χ0n) is 8.50. The van der Waals surface area contributed by atoms with Crippen molar-refractivity contribution in [1.29, 1.82) is 0 Å². The van der Waals surface area contributed by atoms with E-state index >= 15 is 0 Å². The Morgan fingerprint density at radius 1 is 1.29 bits per heavy atom. The van der Waals surface area contributed by atoms with Crippen LogP contribution in [0.4, 0.5) is 0 Å². The average Bonchev–Trinajstić information content (AvgIpc) is 2.15. The first-order chi connectivity index (χ1) is 6.59. The van der Waals surface area contributed by atoms with Crippen LogP contribution < -0.4 is 5.32 Å². The van der Waals surface area contributed by atoms with Crippen LogP contribution in [0.5, 0.6) is 0 Å². The lowest BCUT2D eigenvalue weighted by atomic mass is 10.1. The van der Waals surface area contributed by atoms with Crippen LogP contribution in [0.3, 0.4) is 0 Å². The molecule has 0 aliphatic heterocycles. The Labute approximate surface area is 93.5 Å². The van der Waals surface area contributed by atoms with E-state index in [1.807, 2.05) is 24.3 Å². The summed E-state index contributed by atoms with van der Waals surface area (Å²) in [5.41, 5.74) is 0.946. The summed E-state index contributed by atoms with van der Waals surface area (Å²) < 4.78 is 1.03. The summed E-state index contributed by atoms with van der Waals surface area (Å²) in [5, 5.41) is 13.0. The number of hydrogen-bond donors (Lipinski definition) is 2. The molecular formula is C11H16BrNO. The topological polar surface area (TPSA) is 32.3 Å². The van der Waals surface area contributed by atoms with Gasteiger partial charge in [0.15, 0.2) is 0 Å². The SMILES string of the molecule is CC(C)NC[C@H](O)c1ccc(Br)cc1. The molecule has 2 nitrogen and oxygen atoms in total. The Balaban J connectivity index is 2.52. The molecule has 1 aromatic carbocycles. The number of aliphatic hydroxyl groups is 1. The van der Waals surface area contributed by atoms with Crippen molar-refractivity contribution in [3.63, 3.8) is 0 Å². The second kappa shape index (κ2) is 5.49. The number of halogens is 1. The Hall–Kier alpha value is -0.380. The zero-order valence-corrected chi connectivity index (χ0v) is 10.1. The summed E-state index contributed by atoms with van der Waals surface area (Å²) >= 11 is 3.36. The van der Waals surface area contributed by atoms with E-state index in [-0.39, 0.29) is 0 Å². The van der Waals surface area contributed by atoms with Crippen molar-refractivity contribution in [2.75, 3.05) is 6.54 Å². The number of nitrogens with one attached hydrogen (secondary N) is 1. The lowest BCUT2D eigenvalue weighted by Gasteiger charge is -2.14. The summed E-state index contributed by atoms with van der Waals surface area (Å²) in [4.78, 5) is 0. The third-order valence-electron chi connectivity index (χ3n) is 1.97. The second-order valence-electron chi connectivity index (χ2n) is 3.63. The standard InChI is InChI=1S/C11H16BrNO/c1-8(2)13-7-11(14)9-3-5-10(12)6-4-9/h3-6,8,11,13-14H,7H2,1-2H3/t11-/m0/s1. The molecule has 1 atom stereocenters. The fraction of sp³-hybridized carbons (Fsp3) is 0.455. The molecular weight excluding hydrogens is 242 g/mol. The molecule has 0 bridgehead atoms. The summed E-state index contributed by atoms with van der Waals surface area (Å²) in [7, 11) is 0. The molecule has 0 aliphatic rings. The quantitative estimate of drug-likeness (QED) is 0.869. The third kappa shape index (κ3) is 3.78. The van der Waals surface area contributed by atoms with Crippen molar-refractivity contribution >= 4 is 15.9 Å². The molecule has 0 unspecified atom stereocenters. The van der Waals surface area contributed by atoms with Crippen LogP contribution in [0.2, 0.25) is 0 Å². The largest absolute Gasteiger partial charge is 0.387 e. The molecule has 1 aromatic rings. The lowest BCUT2D eigenvalue weighted by Crippen LogP contribution is -2.27. The Morgan fingerprint density at radius 3 is 2.36 bits per heavy atom. The van der Waals surface area contributed by atoms with Crippen LogP contribution >= 0.6 is 15.9 Å². The highest BCUT2D eigenvalue weighted by molar-refractivity contribution is 9.10. The summed E-state index contributed by atoms with van der Waals surface area (Å²) in [5.74, 6) is 0. The van der Waals surface area contributed by atoms with Gasteiger partial charge in [0.2, 0.25) is 0 Å². The molecule has 0 saturated carbocycles. The monoisotopic (exact) mass is 257 g/mol. The van der Waals surface area contributed by atoms with E-state index in [0.717, 1.165) is 10.0 Å². The maximum atomic E-state index is 9.78. The fourth-order valence-electron chi connectivity index (χ4n) is 1.15. The molecule has 0 spiro atoms. The van der Waals surface area contributed by atoms with E-state index in [9.17, 15) is 5.11 Å². The van der Waals surface area contributed by atoms with Crippen molar-refractivity contribution in [3.8, 4) is 0 Å². The van der Waals surface area contributed by atoms with E-state index in [1.165, 1.54) is 0 Å². The zero-order chi connectivity index (χ0) is 10.6. The molecule has 0 saturated heterocycles. The van der Waals surface area contributed by atoms with Gasteiger partial charge in [-0.2, -0.15) is 0 Å². The van der Waals surface area contributed by atoms with Crippen molar-refractivity contribution in [2.24, 2.45) is 0 Å². The van der Waals surface area contributed by atoms with Crippen LogP contribution in [0.25, 0.3) is 0 Å². The normalized spacial score (nSPS) is 13.2. The molecule has 0 aliphatic carbocycles. The number of benzene rings is 1. The van der Waals surface area contributed by atoms with Crippen molar-refractivity contribution in [2.45, 2.75) is 26.0 Å². The van der Waals surface area contributed by atoms with E-state index in [2.05, 4.69) is 35.1 Å². The molecule has 1 rings (SSSR count). The number of hydrogen-bond acceptors (Lipinski definition) is 2. The second-order valence-corrected chi connectivity index (χ2v) is 4.55. The Morgan fingerprint density at radius 2 is 1.86 bits per heavy atom. The maximum Gasteiger partial charge on any atom is 0.0914 e. The third-order valence-corrected chi connectivity index (χ3v) is 2.50. The van der Waals surface area contributed by atoms with Gasteiger partial charge in [-0.3, -0.25) is 0 Å². The predicted molar refractivity (Wildman–Crippen MR) is 62.2 cm³/mol. The van der Waals surface area contributed by atoms with Gasteiger partial charge in [0, 0.05) is 17.1 Å². The fourth-order valence-corrected chi connectivity index (χ4v) is 1.41. The molecule has 3 heteroatoms. The molecule has 0 radical (unpaired) electrons. The van der Waals surface area contributed by atoms with Gasteiger partial charge in [-0.1, -0.05) is 41.9 Å². The number of rotatable bonds is 4. The van der Waals surface area contributed by atoms with Crippen molar-refractivity contribution in [3.05, 3.63) is 34.3 Å². The molecule has 2 N–H and O–H groups in total. The van der Waals surface area contributed by atoms with Crippen molar-refractivity contribution in [1.82, 2.24) is 5.32 Å². The highest BCUT2D eigenvalue weighted by atomic mass is 79.9. The van der Waals surface area contributed by atoms with Gasteiger partial charge in [-0.25, -0.2) is 0 Å². The minimum atomic E-state index is -0.425. The van der Waals surface area contributed by atoms with Crippen LogP contribution in [0, 0.1) is 0 Å². The first-order valence-electron chi connectivity index (χ1n) is 4.76. The molecule has 0 heterocycles. The minimum Gasteiger partial charge on any atom is -0.387 e. The summed E-state index contributed by atoms with van der Waals surface area (Å²) in [6.07, 6.45) is -0.425. The van der Waals surface area contributed by atoms with E-state index in [0.29, 0.717) is 12.6 Å². The maximum absolute atomic E-state index is 9.78. The highest BCUT2D eigenvalue weighted by Gasteiger charge is 2.06. The van der Waals surface area contributed by atoms with Crippen LogP contribution in [0.1, 0.15) is 25.5 Å². The van der Waals surface area contributed by atoms with Gasteiger partial charge in [-0.15, -0.1) is 0 Å². The summed E-state index contributed by atoms with van der Waals surface area (Å²) in [6.45, 7) is 4.72. The first kappa shape index (κ1) is 11.7. The van der Waals surface area contributed by atoms with Gasteiger partial charge in [0.1, 0.15) is 0 Å². The van der Waals surface area contributed by atoms with Crippen LogP contribution in [-0.2, 0) is 0 Å². The average molecular weight is 258 g/mol. The Kier molecular flexibility index (Phi) is 4.58. The molecule has 0 aromatic heterocycles. The highest BCUT2D eigenvalue weighted by Crippen LogP contribution is 2.16. The van der Waals surface area contributed by atoms with Crippen LogP contribution in [-0.4, -0.2) is 17.7 Å².